The molecule has 0 amide bonds. The highest BCUT2D eigenvalue weighted by Crippen LogP contribution is 2.30. The fourth-order valence-electron chi connectivity index (χ4n) is 1.99. The first-order valence-corrected chi connectivity index (χ1v) is 8.00. The zero-order valence-corrected chi connectivity index (χ0v) is 13.5. The monoisotopic (exact) mass is 322 g/mol. The van der Waals surface area contributed by atoms with Crippen molar-refractivity contribution in [1.29, 1.82) is 0 Å². The second-order valence-electron chi connectivity index (χ2n) is 4.63. The molecule has 0 saturated heterocycles. The third-order valence-corrected chi connectivity index (χ3v) is 5.06. The summed E-state index contributed by atoms with van der Waals surface area (Å²) in [5.74, 6) is 0.786. The van der Waals surface area contributed by atoms with E-state index in [2.05, 4.69) is 4.98 Å². The number of methoxy groups -OCH3 is 2. The molecule has 0 aliphatic carbocycles. The number of rotatable bonds is 6. The number of sulfonamides is 1. The Bertz CT molecular complexity index is 732. The second kappa shape index (κ2) is 6.76. The lowest BCUT2D eigenvalue weighted by Gasteiger charge is -2.19. The van der Waals surface area contributed by atoms with Gasteiger partial charge >= 0.3 is 0 Å². The number of benzene rings is 1. The van der Waals surface area contributed by atoms with E-state index in [0.717, 1.165) is 5.56 Å². The molecule has 0 unspecified atom stereocenters. The van der Waals surface area contributed by atoms with E-state index < -0.39 is 10.0 Å². The van der Waals surface area contributed by atoms with Crippen LogP contribution in [0.25, 0.3) is 0 Å². The van der Waals surface area contributed by atoms with Crippen molar-refractivity contribution in [1.82, 2.24) is 9.29 Å². The van der Waals surface area contributed by atoms with E-state index in [-0.39, 0.29) is 17.2 Å². The number of pyridine rings is 1. The number of ether oxygens (including phenoxy) is 2. The van der Waals surface area contributed by atoms with Gasteiger partial charge in [-0.1, -0.05) is 0 Å². The van der Waals surface area contributed by atoms with Gasteiger partial charge in [-0.05, 0) is 29.8 Å². The van der Waals surface area contributed by atoms with E-state index in [1.165, 1.54) is 31.6 Å². The largest absolute Gasteiger partial charge is 0.497 e. The standard InChI is InChI=1S/C15H18N2O4S/c1-17(11-12-6-8-16-9-7-12)22(18,19)15-5-4-13(20-2)10-14(15)21-3/h4-10H,11H2,1-3H3. The average molecular weight is 322 g/mol. The Morgan fingerprint density at radius 1 is 1.09 bits per heavy atom. The summed E-state index contributed by atoms with van der Waals surface area (Å²) in [6.45, 7) is 0.250. The quantitative estimate of drug-likeness (QED) is 0.813. The maximum Gasteiger partial charge on any atom is 0.246 e. The minimum absolute atomic E-state index is 0.104. The van der Waals surface area contributed by atoms with Crippen LogP contribution in [-0.4, -0.2) is 39.0 Å². The van der Waals surface area contributed by atoms with Crippen molar-refractivity contribution >= 4 is 10.0 Å². The highest BCUT2D eigenvalue weighted by molar-refractivity contribution is 7.89. The molecule has 0 N–H and O–H groups in total. The van der Waals surface area contributed by atoms with E-state index in [1.54, 1.807) is 36.7 Å². The summed E-state index contributed by atoms with van der Waals surface area (Å²) in [6, 6.07) is 8.17. The van der Waals surface area contributed by atoms with E-state index >= 15 is 0 Å². The minimum Gasteiger partial charge on any atom is -0.497 e. The molecule has 0 saturated carbocycles. The fraction of sp³-hybridized carbons (Fsp3) is 0.267. The summed E-state index contributed by atoms with van der Waals surface area (Å²) in [5, 5.41) is 0. The van der Waals surface area contributed by atoms with Crippen molar-refractivity contribution in [2.75, 3.05) is 21.3 Å². The Kier molecular flexibility index (Phi) is 4.99. The van der Waals surface area contributed by atoms with Crippen molar-refractivity contribution in [3.63, 3.8) is 0 Å². The van der Waals surface area contributed by atoms with Gasteiger partial charge in [-0.15, -0.1) is 0 Å². The van der Waals surface area contributed by atoms with E-state index in [1.807, 2.05) is 0 Å². The van der Waals surface area contributed by atoms with Crippen LogP contribution in [-0.2, 0) is 16.6 Å². The summed E-state index contributed by atoms with van der Waals surface area (Å²) in [4.78, 5) is 4.02. The van der Waals surface area contributed by atoms with Crippen LogP contribution in [0, 0.1) is 0 Å². The predicted molar refractivity (Wildman–Crippen MR) is 82.4 cm³/mol. The average Bonchev–Trinajstić information content (AvgIpc) is 2.55. The SMILES string of the molecule is COc1ccc(S(=O)(=O)N(C)Cc2ccncc2)c(OC)c1. The predicted octanol–water partition coefficient (Wildman–Crippen LogP) is 1.92. The molecule has 1 aromatic heterocycles. The Hall–Kier alpha value is -2.12. The summed E-state index contributed by atoms with van der Waals surface area (Å²) in [7, 11) is 0.794. The first-order chi connectivity index (χ1) is 10.5. The second-order valence-corrected chi connectivity index (χ2v) is 6.65. The fourth-order valence-corrected chi connectivity index (χ4v) is 3.28. The highest BCUT2D eigenvalue weighted by Gasteiger charge is 2.25. The number of hydrogen-bond acceptors (Lipinski definition) is 5. The number of nitrogens with zero attached hydrogens (tertiary/aromatic N) is 2. The van der Waals surface area contributed by atoms with Gasteiger partial charge in [-0.3, -0.25) is 4.98 Å². The lowest BCUT2D eigenvalue weighted by Crippen LogP contribution is -2.26. The molecule has 0 aliphatic rings. The Balaban J connectivity index is 2.33. The van der Waals surface area contributed by atoms with Crippen molar-refractivity contribution < 1.29 is 17.9 Å². The highest BCUT2D eigenvalue weighted by atomic mass is 32.2. The molecule has 0 bridgehead atoms. The van der Waals surface area contributed by atoms with Crippen LogP contribution in [0.3, 0.4) is 0 Å². The van der Waals surface area contributed by atoms with Crippen molar-refractivity contribution in [2.24, 2.45) is 0 Å². The third kappa shape index (κ3) is 3.37. The van der Waals surface area contributed by atoms with Gasteiger partial charge in [0.1, 0.15) is 16.4 Å². The Morgan fingerprint density at radius 2 is 1.77 bits per heavy atom. The maximum atomic E-state index is 12.7. The van der Waals surface area contributed by atoms with Crippen LogP contribution in [0.5, 0.6) is 11.5 Å². The molecule has 0 aliphatic heterocycles. The molecule has 7 heteroatoms. The smallest absolute Gasteiger partial charge is 0.246 e. The van der Waals surface area contributed by atoms with Crippen molar-refractivity contribution in [3.8, 4) is 11.5 Å². The topological polar surface area (TPSA) is 68.7 Å². The van der Waals surface area contributed by atoms with Gasteiger partial charge in [0, 0.05) is 32.1 Å². The first kappa shape index (κ1) is 16.3. The van der Waals surface area contributed by atoms with Gasteiger partial charge in [0.05, 0.1) is 14.2 Å². The van der Waals surface area contributed by atoms with Gasteiger partial charge in [0.2, 0.25) is 10.0 Å². The van der Waals surface area contributed by atoms with Gasteiger partial charge in [-0.2, -0.15) is 4.31 Å². The van der Waals surface area contributed by atoms with Crippen molar-refractivity contribution in [3.05, 3.63) is 48.3 Å². The van der Waals surface area contributed by atoms with Crippen LogP contribution >= 0.6 is 0 Å². The summed E-state index contributed by atoms with van der Waals surface area (Å²) >= 11 is 0. The summed E-state index contributed by atoms with van der Waals surface area (Å²) < 4.78 is 36.9. The first-order valence-electron chi connectivity index (χ1n) is 6.56. The normalized spacial score (nSPS) is 11.5. The zero-order valence-electron chi connectivity index (χ0n) is 12.7. The van der Waals surface area contributed by atoms with E-state index in [4.69, 9.17) is 9.47 Å². The minimum atomic E-state index is -3.67. The van der Waals surface area contributed by atoms with Crippen LogP contribution < -0.4 is 9.47 Å². The molecule has 1 heterocycles. The molecule has 2 aromatic rings. The lowest BCUT2D eigenvalue weighted by molar-refractivity contribution is 0.383. The van der Waals surface area contributed by atoms with Gasteiger partial charge in [0.25, 0.3) is 0 Å². The van der Waals surface area contributed by atoms with Gasteiger partial charge in [-0.25, -0.2) is 8.42 Å². The van der Waals surface area contributed by atoms with Gasteiger partial charge in [0.15, 0.2) is 0 Å². The lowest BCUT2D eigenvalue weighted by atomic mass is 10.3. The summed E-state index contributed by atoms with van der Waals surface area (Å²) in [6.07, 6.45) is 3.26. The maximum absolute atomic E-state index is 12.7. The molecule has 22 heavy (non-hydrogen) atoms. The molecule has 0 fully saturated rings. The molecule has 0 atom stereocenters. The van der Waals surface area contributed by atoms with Crippen LogP contribution in [0.1, 0.15) is 5.56 Å². The molecule has 1 aromatic carbocycles. The molecule has 0 radical (unpaired) electrons. The molecule has 118 valence electrons. The Morgan fingerprint density at radius 3 is 2.36 bits per heavy atom. The van der Waals surface area contributed by atoms with E-state index in [0.29, 0.717) is 5.75 Å². The van der Waals surface area contributed by atoms with Crippen LogP contribution in [0.15, 0.2) is 47.6 Å². The number of hydrogen-bond donors (Lipinski definition) is 0. The molecule has 2 rings (SSSR count). The molecule has 6 nitrogen and oxygen atoms in total. The van der Waals surface area contributed by atoms with Crippen LogP contribution in [0.2, 0.25) is 0 Å². The van der Waals surface area contributed by atoms with Crippen LogP contribution in [0.4, 0.5) is 0 Å². The third-order valence-electron chi connectivity index (χ3n) is 3.21. The number of aromatic nitrogens is 1. The Labute approximate surface area is 130 Å². The zero-order chi connectivity index (χ0) is 16.2. The van der Waals surface area contributed by atoms with E-state index in [9.17, 15) is 8.42 Å². The molecule has 0 spiro atoms. The van der Waals surface area contributed by atoms with Crippen molar-refractivity contribution in [2.45, 2.75) is 11.4 Å². The van der Waals surface area contributed by atoms with Gasteiger partial charge < -0.3 is 9.47 Å². The molecular formula is C15H18N2O4S. The summed E-state index contributed by atoms with van der Waals surface area (Å²) in [5.41, 5.74) is 0.855. The molecular weight excluding hydrogens is 304 g/mol.